The van der Waals surface area contributed by atoms with Crippen LogP contribution in [0.25, 0.3) is 0 Å². The van der Waals surface area contributed by atoms with Crippen LogP contribution >= 0.6 is 0 Å². The van der Waals surface area contributed by atoms with Crippen molar-refractivity contribution in [1.29, 1.82) is 0 Å². The summed E-state index contributed by atoms with van der Waals surface area (Å²) < 4.78 is 4.49. The van der Waals surface area contributed by atoms with Crippen LogP contribution in [0.3, 0.4) is 0 Å². The minimum Gasteiger partial charge on any atom is -0.548 e. The van der Waals surface area contributed by atoms with Gasteiger partial charge < -0.3 is 14.6 Å². The second kappa shape index (κ2) is 15.5. The van der Waals surface area contributed by atoms with Gasteiger partial charge in [-0.1, -0.05) is 44.7 Å². The number of ether oxygens (including phenoxy) is 1. The molecule has 0 aromatic rings. The molecule has 0 aromatic heterocycles. The van der Waals surface area contributed by atoms with Crippen molar-refractivity contribution in [3.8, 4) is 0 Å². The molecule has 8 heteroatoms. The standard InChI is InChI=1S/C18H25NO6.Na/c1-4-7-9-11-15(20)19(16(21)12-10-8-5-2)14(18(23)24)13-17(22)25-6-3;/h6-10,14H,3-5,11-13H2,1-2H3,(H,23,24);/q;+1/p-1/b9-7+,10-8+;. The molecule has 0 aliphatic rings. The van der Waals surface area contributed by atoms with Crippen LogP contribution in [0.5, 0.6) is 0 Å². The summed E-state index contributed by atoms with van der Waals surface area (Å²) in [5.41, 5.74) is 0. The molecule has 1 unspecified atom stereocenters. The summed E-state index contributed by atoms with van der Waals surface area (Å²) in [7, 11) is 0. The van der Waals surface area contributed by atoms with E-state index in [2.05, 4.69) is 11.3 Å². The first-order chi connectivity index (χ1) is 11.9. The molecular formula is C18H24NNaO6. The van der Waals surface area contributed by atoms with Crippen molar-refractivity contribution in [2.24, 2.45) is 0 Å². The number of imide groups is 1. The predicted octanol–water partition coefficient (Wildman–Crippen LogP) is -1.75. The van der Waals surface area contributed by atoms with Gasteiger partial charge in [0.15, 0.2) is 0 Å². The molecule has 0 aliphatic carbocycles. The first-order valence-corrected chi connectivity index (χ1v) is 8.05. The summed E-state index contributed by atoms with van der Waals surface area (Å²) >= 11 is 0. The van der Waals surface area contributed by atoms with E-state index in [9.17, 15) is 24.3 Å². The smallest absolute Gasteiger partial charge is 0.548 e. The third kappa shape index (κ3) is 10.3. The summed E-state index contributed by atoms with van der Waals surface area (Å²) in [4.78, 5) is 48.2. The molecule has 0 bridgehead atoms. The molecular weight excluding hydrogens is 349 g/mol. The fourth-order valence-corrected chi connectivity index (χ4v) is 1.96. The number of carboxylic acid groups (broad SMARTS) is 1. The topological polar surface area (TPSA) is 104 Å². The SMILES string of the molecule is C=COC(=O)CC(C(=O)[O-])N(C(=O)C/C=C/CC)C(=O)C/C=C/CC.[Na+]. The maximum absolute atomic E-state index is 12.3. The van der Waals surface area contributed by atoms with Crippen molar-refractivity contribution < 1.29 is 58.6 Å². The van der Waals surface area contributed by atoms with Crippen molar-refractivity contribution in [2.75, 3.05) is 0 Å². The van der Waals surface area contributed by atoms with E-state index in [0.717, 1.165) is 6.26 Å². The molecule has 138 valence electrons. The van der Waals surface area contributed by atoms with Crippen molar-refractivity contribution in [1.82, 2.24) is 4.90 Å². The van der Waals surface area contributed by atoms with Crippen LogP contribution in [0.1, 0.15) is 46.0 Å². The Hall–Kier alpha value is -1.70. The molecule has 0 spiro atoms. The molecule has 0 heterocycles. The summed E-state index contributed by atoms with van der Waals surface area (Å²) in [6, 6.07) is -1.74. The molecule has 0 aliphatic heterocycles. The number of esters is 1. The number of carboxylic acids is 1. The molecule has 7 nitrogen and oxygen atoms in total. The summed E-state index contributed by atoms with van der Waals surface area (Å²) in [5.74, 6) is -4.08. The first kappa shape index (κ1) is 26.5. The van der Waals surface area contributed by atoms with Gasteiger partial charge in [0.05, 0.1) is 24.7 Å². The van der Waals surface area contributed by atoms with Crippen LogP contribution in [0, 0.1) is 0 Å². The molecule has 0 aromatic carbocycles. The van der Waals surface area contributed by atoms with Gasteiger partial charge in [-0.3, -0.25) is 19.3 Å². The number of hydrogen-bond donors (Lipinski definition) is 0. The Balaban J connectivity index is 0. The van der Waals surface area contributed by atoms with Gasteiger partial charge in [0.25, 0.3) is 0 Å². The largest absolute Gasteiger partial charge is 1.00 e. The zero-order valence-corrected chi connectivity index (χ0v) is 17.6. The van der Waals surface area contributed by atoms with E-state index >= 15 is 0 Å². The maximum atomic E-state index is 12.3. The Bertz CT molecular complexity index is 528. The van der Waals surface area contributed by atoms with Gasteiger partial charge in [-0.05, 0) is 12.8 Å². The number of rotatable bonds is 11. The monoisotopic (exact) mass is 373 g/mol. The summed E-state index contributed by atoms with van der Waals surface area (Å²) in [5, 5.41) is 11.4. The number of aliphatic carboxylic acids is 1. The number of carbonyl (C=O) groups is 4. The van der Waals surface area contributed by atoms with E-state index in [1.807, 2.05) is 13.8 Å². The quantitative estimate of drug-likeness (QED) is 0.184. The molecule has 0 radical (unpaired) electrons. The second-order valence-electron chi connectivity index (χ2n) is 5.02. The Labute approximate surface area is 176 Å². The van der Waals surface area contributed by atoms with Crippen molar-refractivity contribution in [3.63, 3.8) is 0 Å². The maximum Gasteiger partial charge on any atom is 1.00 e. The first-order valence-electron chi connectivity index (χ1n) is 8.05. The predicted molar refractivity (Wildman–Crippen MR) is 89.7 cm³/mol. The van der Waals surface area contributed by atoms with E-state index < -0.39 is 36.2 Å². The molecule has 0 N–H and O–H groups in total. The Kier molecular flexibility index (Phi) is 15.9. The van der Waals surface area contributed by atoms with Crippen molar-refractivity contribution >= 4 is 23.8 Å². The minimum atomic E-state index is -1.74. The Morgan fingerprint density at radius 2 is 1.46 bits per heavy atom. The van der Waals surface area contributed by atoms with Crippen LogP contribution < -0.4 is 34.7 Å². The summed E-state index contributed by atoms with van der Waals surface area (Å²) in [6.45, 7) is 6.94. The van der Waals surface area contributed by atoms with E-state index in [-0.39, 0.29) is 42.4 Å². The number of allylic oxidation sites excluding steroid dienone is 2. The van der Waals surface area contributed by atoms with Gasteiger partial charge in [-0.15, -0.1) is 0 Å². The van der Waals surface area contributed by atoms with E-state index in [1.54, 1.807) is 24.3 Å². The third-order valence-electron chi connectivity index (χ3n) is 3.09. The summed E-state index contributed by atoms with van der Waals surface area (Å²) in [6.07, 6.45) is 7.73. The zero-order valence-electron chi connectivity index (χ0n) is 15.6. The van der Waals surface area contributed by atoms with Crippen LogP contribution in [0.15, 0.2) is 37.1 Å². The van der Waals surface area contributed by atoms with Gasteiger partial charge >= 0.3 is 35.5 Å². The molecule has 2 amide bonds. The molecule has 0 saturated carbocycles. The van der Waals surface area contributed by atoms with Crippen molar-refractivity contribution in [3.05, 3.63) is 37.1 Å². The normalized spacial score (nSPS) is 11.6. The molecule has 0 fully saturated rings. The average molecular weight is 373 g/mol. The van der Waals surface area contributed by atoms with Gasteiger partial charge in [0.1, 0.15) is 0 Å². The molecule has 0 saturated heterocycles. The fraction of sp³-hybridized carbons (Fsp3) is 0.444. The average Bonchev–Trinajstić information content (AvgIpc) is 2.54. The minimum absolute atomic E-state index is 0. The molecule has 0 rings (SSSR count). The van der Waals surface area contributed by atoms with Crippen LogP contribution in [0.4, 0.5) is 0 Å². The third-order valence-corrected chi connectivity index (χ3v) is 3.09. The van der Waals surface area contributed by atoms with Gasteiger partial charge in [-0.2, -0.15) is 0 Å². The van der Waals surface area contributed by atoms with Gasteiger partial charge in [0, 0.05) is 12.8 Å². The molecule has 1 atom stereocenters. The fourth-order valence-electron chi connectivity index (χ4n) is 1.96. The van der Waals surface area contributed by atoms with Crippen LogP contribution in [-0.2, 0) is 23.9 Å². The number of hydrogen-bond acceptors (Lipinski definition) is 6. The Morgan fingerprint density at radius 3 is 1.81 bits per heavy atom. The Morgan fingerprint density at radius 1 is 1.00 bits per heavy atom. The number of carbonyl (C=O) groups excluding carboxylic acids is 4. The number of amides is 2. The van der Waals surface area contributed by atoms with Gasteiger partial charge in [0.2, 0.25) is 11.8 Å². The van der Waals surface area contributed by atoms with Gasteiger partial charge in [-0.25, -0.2) is 0 Å². The van der Waals surface area contributed by atoms with E-state index in [1.165, 1.54) is 0 Å². The van der Waals surface area contributed by atoms with Crippen LogP contribution in [-0.4, -0.2) is 34.7 Å². The van der Waals surface area contributed by atoms with E-state index in [0.29, 0.717) is 17.7 Å². The second-order valence-corrected chi connectivity index (χ2v) is 5.02. The molecule has 26 heavy (non-hydrogen) atoms. The number of nitrogens with zero attached hydrogens (tertiary/aromatic N) is 1. The van der Waals surface area contributed by atoms with Crippen LogP contribution in [0.2, 0.25) is 0 Å². The van der Waals surface area contributed by atoms with Crippen molar-refractivity contribution in [2.45, 2.75) is 52.0 Å². The van der Waals surface area contributed by atoms with E-state index in [4.69, 9.17) is 0 Å². The zero-order chi connectivity index (χ0) is 19.2.